The molecule has 1 nitrogen and oxygen atoms in total. The smallest absolute Gasteiger partial charge is 0.167 e. The summed E-state index contributed by atoms with van der Waals surface area (Å²) in [4.78, 5) is 10.4. The second kappa shape index (κ2) is 2.60. The van der Waals surface area contributed by atoms with Gasteiger partial charge in [-0.2, -0.15) is 0 Å². The number of carbonyl (C=O) groups is 1. The molecule has 1 rings (SSSR count). The average molecular weight is 136 g/mol. The van der Waals surface area contributed by atoms with Crippen molar-refractivity contribution in [3.05, 3.63) is 42.6 Å². The molecular weight excluding hydrogens is 131 g/mol. The molecule has 0 bridgehead atoms. The van der Waals surface area contributed by atoms with Crippen LogP contribution >= 0.6 is 0 Å². The molecule has 0 atom stereocenters. The van der Waals surface area contributed by atoms with Crippen LogP contribution in [0.15, 0.2) is 24.3 Å². The Labute approximate surface area is 58.5 Å². The first-order valence-electron chi connectivity index (χ1n) is 2.75. The minimum absolute atomic E-state index is 0.194. The quantitative estimate of drug-likeness (QED) is 0.537. The summed E-state index contributed by atoms with van der Waals surface area (Å²) in [5.41, 5.74) is 0.194. The molecule has 0 aliphatic carbocycles. The second-order valence-corrected chi connectivity index (χ2v) is 1.87. The van der Waals surface area contributed by atoms with Gasteiger partial charge in [-0.25, -0.2) is 4.39 Å². The van der Waals surface area contributed by atoms with Gasteiger partial charge in [-0.05, 0) is 12.1 Å². The van der Waals surface area contributed by atoms with Crippen molar-refractivity contribution in [2.45, 2.75) is 0 Å². The van der Waals surface area contributed by atoms with Gasteiger partial charge in [-0.3, -0.25) is 4.79 Å². The minimum Gasteiger partial charge on any atom is -0.294 e. The first-order valence-corrected chi connectivity index (χ1v) is 2.75. The number of Topliss-reactive ketones (excluding diaryl/α,β-unsaturated/α-hetero) is 1. The summed E-state index contributed by atoms with van der Waals surface area (Å²) < 4.78 is 12.3. The van der Waals surface area contributed by atoms with Gasteiger partial charge >= 0.3 is 0 Å². The Morgan fingerprint density at radius 3 is 2.60 bits per heavy atom. The number of rotatable bonds is 1. The van der Waals surface area contributed by atoms with Gasteiger partial charge in [0.15, 0.2) is 5.78 Å². The summed E-state index contributed by atoms with van der Waals surface area (Å²) in [5.74, 6) is -1.06. The molecule has 1 aromatic carbocycles. The van der Waals surface area contributed by atoms with E-state index in [9.17, 15) is 9.18 Å². The van der Waals surface area contributed by atoms with Crippen LogP contribution in [0.3, 0.4) is 0 Å². The Morgan fingerprint density at radius 2 is 2.20 bits per heavy atom. The Morgan fingerprint density at radius 1 is 1.50 bits per heavy atom. The fourth-order valence-electron chi connectivity index (χ4n) is 0.642. The Balaban J connectivity index is 3.07. The summed E-state index contributed by atoms with van der Waals surface area (Å²) in [5, 5.41) is 0. The van der Waals surface area contributed by atoms with E-state index < -0.39 is 11.6 Å². The van der Waals surface area contributed by atoms with E-state index in [1.54, 1.807) is 0 Å². The van der Waals surface area contributed by atoms with Crippen molar-refractivity contribution in [3.8, 4) is 0 Å². The summed E-state index contributed by atoms with van der Waals surface area (Å²) >= 11 is 0. The van der Waals surface area contributed by atoms with Crippen LogP contribution in [0.4, 0.5) is 4.39 Å². The third kappa shape index (κ3) is 1.41. The molecule has 2 radical (unpaired) electrons. The maximum absolute atomic E-state index is 12.3. The molecular formula is C8H5FO. The van der Waals surface area contributed by atoms with Crippen molar-refractivity contribution >= 4 is 5.78 Å². The highest BCUT2D eigenvalue weighted by molar-refractivity contribution is 5.99. The van der Waals surface area contributed by atoms with Crippen LogP contribution in [-0.2, 0) is 0 Å². The van der Waals surface area contributed by atoms with E-state index in [0.717, 1.165) is 6.07 Å². The summed E-state index contributed by atoms with van der Waals surface area (Å²) in [6.45, 7) is 4.88. The van der Waals surface area contributed by atoms with E-state index >= 15 is 0 Å². The molecule has 0 unspecified atom stereocenters. The van der Waals surface area contributed by atoms with Crippen LogP contribution in [0, 0.1) is 12.7 Å². The van der Waals surface area contributed by atoms with Crippen molar-refractivity contribution < 1.29 is 9.18 Å². The molecule has 10 heavy (non-hydrogen) atoms. The molecule has 1 aromatic rings. The predicted octanol–water partition coefficient (Wildman–Crippen LogP) is 1.72. The van der Waals surface area contributed by atoms with Gasteiger partial charge in [0.25, 0.3) is 0 Å². The summed E-state index contributed by atoms with van der Waals surface area (Å²) in [6, 6.07) is 5.26. The molecule has 0 saturated heterocycles. The topological polar surface area (TPSA) is 17.1 Å². The molecule has 50 valence electrons. The molecule has 0 saturated carbocycles. The summed E-state index contributed by atoms with van der Waals surface area (Å²) in [7, 11) is 0. The Bertz CT molecular complexity index is 255. The van der Waals surface area contributed by atoms with Crippen LogP contribution in [0.1, 0.15) is 10.4 Å². The first-order chi connectivity index (χ1) is 4.70. The zero-order valence-electron chi connectivity index (χ0n) is 5.17. The van der Waals surface area contributed by atoms with Crippen LogP contribution in [0.25, 0.3) is 0 Å². The fraction of sp³-hybridized carbons (Fsp3) is 0. The molecule has 0 heterocycles. The van der Waals surface area contributed by atoms with E-state index in [-0.39, 0.29) is 5.56 Å². The van der Waals surface area contributed by atoms with E-state index in [2.05, 4.69) is 0 Å². The highest BCUT2D eigenvalue weighted by atomic mass is 19.1. The molecule has 0 aromatic heterocycles. The molecule has 0 fully saturated rings. The second-order valence-electron chi connectivity index (χ2n) is 1.87. The number of hydrogen-bond donors (Lipinski definition) is 0. The lowest BCUT2D eigenvalue weighted by atomic mass is 10.1. The number of hydrogen-bond acceptors (Lipinski definition) is 1. The van der Waals surface area contributed by atoms with Gasteiger partial charge in [0.2, 0.25) is 0 Å². The standard InChI is InChI=1S/C8H5FO/c1-6(10)7-3-2-4-8(9)5-7/h1-5H. The zero-order chi connectivity index (χ0) is 7.56. The van der Waals surface area contributed by atoms with Gasteiger partial charge < -0.3 is 0 Å². The van der Waals surface area contributed by atoms with Crippen molar-refractivity contribution in [1.29, 1.82) is 0 Å². The lowest BCUT2D eigenvalue weighted by Crippen LogP contribution is -1.91. The number of ketones is 1. The Kier molecular flexibility index (Phi) is 1.81. The molecule has 2 heteroatoms. The van der Waals surface area contributed by atoms with Crippen molar-refractivity contribution in [2.75, 3.05) is 0 Å². The lowest BCUT2D eigenvalue weighted by Gasteiger charge is -1.92. The van der Waals surface area contributed by atoms with Crippen molar-refractivity contribution in [2.24, 2.45) is 0 Å². The largest absolute Gasteiger partial charge is 0.294 e. The monoisotopic (exact) mass is 136 g/mol. The maximum Gasteiger partial charge on any atom is 0.167 e. The van der Waals surface area contributed by atoms with Crippen LogP contribution < -0.4 is 0 Å². The first kappa shape index (κ1) is 6.93. The lowest BCUT2D eigenvalue weighted by molar-refractivity contribution is 0.104. The van der Waals surface area contributed by atoms with Crippen molar-refractivity contribution in [1.82, 2.24) is 0 Å². The maximum atomic E-state index is 12.3. The summed E-state index contributed by atoms with van der Waals surface area (Å²) in [6.07, 6.45) is 0. The van der Waals surface area contributed by atoms with Gasteiger partial charge in [-0.1, -0.05) is 12.1 Å². The van der Waals surface area contributed by atoms with E-state index in [0.29, 0.717) is 0 Å². The molecule has 0 spiro atoms. The van der Waals surface area contributed by atoms with Crippen molar-refractivity contribution in [3.63, 3.8) is 0 Å². The molecule has 0 N–H and O–H groups in total. The minimum atomic E-state index is -0.612. The fourth-order valence-corrected chi connectivity index (χ4v) is 0.642. The van der Waals surface area contributed by atoms with Gasteiger partial charge in [0.05, 0.1) is 0 Å². The van der Waals surface area contributed by atoms with Gasteiger partial charge in [-0.15, -0.1) is 0 Å². The normalized spacial score (nSPS) is 9.40. The van der Waals surface area contributed by atoms with Gasteiger partial charge in [0.1, 0.15) is 5.82 Å². The highest BCUT2D eigenvalue weighted by Gasteiger charge is 1.98. The van der Waals surface area contributed by atoms with Crippen LogP contribution in [0.5, 0.6) is 0 Å². The third-order valence-corrected chi connectivity index (χ3v) is 1.11. The Hall–Kier alpha value is -1.18. The SMILES string of the molecule is [CH]C(=O)c1cccc(F)c1. The number of carbonyl (C=O) groups excluding carboxylic acids is 1. The average Bonchev–Trinajstić information content (AvgIpc) is 1.88. The molecule has 0 aliphatic rings. The van der Waals surface area contributed by atoms with Crippen LogP contribution in [-0.4, -0.2) is 5.78 Å². The zero-order valence-corrected chi connectivity index (χ0v) is 5.17. The molecule has 0 aliphatic heterocycles. The number of halogens is 1. The predicted molar refractivity (Wildman–Crippen MR) is 35.0 cm³/mol. The molecule has 0 amide bonds. The highest BCUT2D eigenvalue weighted by Crippen LogP contribution is 2.02. The van der Waals surface area contributed by atoms with E-state index in [4.69, 9.17) is 6.92 Å². The third-order valence-electron chi connectivity index (χ3n) is 1.11. The van der Waals surface area contributed by atoms with Gasteiger partial charge in [0, 0.05) is 12.5 Å². The number of benzene rings is 1. The van der Waals surface area contributed by atoms with E-state index in [1.165, 1.54) is 18.2 Å². The van der Waals surface area contributed by atoms with E-state index in [1.807, 2.05) is 0 Å². The van der Waals surface area contributed by atoms with Crippen LogP contribution in [0.2, 0.25) is 0 Å².